The van der Waals surface area contributed by atoms with Gasteiger partial charge in [-0.05, 0) is 22.9 Å². The van der Waals surface area contributed by atoms with Crippen molar-refractivity contribution in [3.8, 4) is 5.75 Å². The molecule has 0 unspecified atom stereocenters. The van der Waals surface area contributed by atoms with Gasteiger partial charge in [0, 0.05) is 0 Å². The van der Waals surface area contributed by atoms with Gasteiger partial charge in [-0.3, -0.25) is 0 Å². The molecule has 1 aromatic heterocycles. The molecule has 0 aromatic carbocycles. The van der Waals surface area contributed by atoms with Gasteiger partial charge < -0.3 is 9.47 Å². The maximum absolute atomic E-state index is 12.9. The number of hydrogen-bond donors (Lipinski definition) is 0. The van der Waals surface area contributed by atoms with Crippen molar-refractivity contribution in [2.75, 3.05) is 13.7 Å². The van der Waals surface area contributed by atoms with E-state index in [2.05, 4.69) is 20.9 Å². The fraction of sp³-hybridized carbons (Fsp3) is 0.400. The Balaban J connectivity index is 3.38. The summed E-state index contributed by atoms with van der Waals surface area (Å²) in [7, 11) is 1.23. The van der Waals surface area contributed by atoms with Crippen molar-refractivity contribution < 1.29 is 23.0 Å². The van der Waals surface area contributed by atoms with Crippen LogP contribution in [0.5, 0.6) is 5.75 Å². The van der Waals surface area contributed by atoms with Crippen molar-refractivity contribution in [1.82, 2.24) is 4.98 Å². The van der Waals surface area contributed by atoms with Gasteiger partial charge in [-0.25, -0.2) is 18.6 Å². The molecule has 1 rings (SSSR count). The second kappa shape index (κ2) is 5.90. The lowest BCUT2D eigenvalue weighted by Crippen LogP contribution is -2.12. The molecule has 0 aliphatic rings. The Labute approximate surface area is 105 Å². The molecule has 0 spiro atoms. The maximum atomic E-state index is 12.9. The predicted molar refractivity (Wildman–Crippen MR) is 59.4 cm³/mol. The number of esters is 1. The molecular formula is C10H10BrF2NO3. The molecule has 0 amide bonds. The summed E-state index contributed by atoms with van der Waals surface area (Å²) >= 11 is 2.95. The van der Waals surface area contributed by atoms with Crippen LogP contribution in [0.1, 0.15) is 29.3 Å². The quantitative estimate of drug-likeness (QED) is 0.634. The van der Waals surface area contributed by atoms with E-state index in [0.717, 1.165) is 6.20 Å². The van der Waals surface area contributed by atoms with Crippen molar-refractivity contribution in [1.29, 1.82) is 0 Å². The number of methoxy groups -OCH3 is 1. The zero-order chi connectivity index (χ0) is 13.0. The van der Waals surface area contributed by atoms with Gasteiger partial charge in [-0.15, -0.1) is 0 Å². The second-order valence-corrected chi connectivity index (χ2v) is 3.68. The molecule has 0 radical (unpaired) electrons. The third kappa shape index (κ3) is 2.91. The predicted octanol–water partition coefficient (Wildman–Crippen LogP) is 2.97. The minimum Gasteiger partial charge on any atom is -0.495 e. The highest BCUT2D eigenvalue weighted by molar-refractivity contribution is 9.10. The van der Waals surface area contributed by atoms with Crippen molar-refractivity contribution in [2.45, 2.75) is 13.3 Å². The third-order valence-electron chi connectivity index (χ3n) is 1.95. The SMILES string of the molecule is CCOC(=O)c1c(Br)ncc(OC)c1C(F)F. The van der Waals surface area contributed by atoms with Crippen molar-refractivity contribution >= 4 is 21.9 Å². The number of nitrogens with zero attached hydrogens (tertiary/aromatic N) is 1. The number of carbonyl (C=O) groups excluding carboxylic acids is 1. The van der Waals surface area contributed by atoms with E-state index in [4.69, 9.17) is 9.47 Å². The Morgan fingerprint density at radius 1 is 1.59 bits per heavy atom. The van der Waals surface area contributed by atoms with Crippen LogP contribution in [0, 0.1) is 0 Å². The lowest BCUT2D eigenvalue weighted by atomic mass is 10.1. The normalized spacial score (nSPS) is 10.5. The summed E-state index contributed by atoms with van der Waals surface area (Å²) < 4.78 is 35.3. The van der Waals surface area contributed by atoms with E-state index in [1.165, 1.54) is 7.11 Å². The lowest BCUT2D eigenvalue weighted by Gasteiger charge is -2.13. The van der Waals surface area contributed by atoms with Crippen LogP contribution < -0.4 is 4.74 Å². The van der Waals surface area contributed by atoms with Crippen molar-refractivity contribution in [2.24, 2.45) is 0 Å². The van der Waals surface area contributed by atoms with E-state index in [0.29, 0.717) is 0 Å². The lowest BCUT2D eigenvalue weighted by molar-refractivity contribution is 0.0512. The number of hydrogen-bond acceptors (Lipinski definition) is 4. The fourth-order valence-corrected chi connectivity index (χ4v) is 1.74. The number of halogens is 3. The molecule has 0 saturated heterocycles. The van der Waals surface area contributed by atoms with Crippen LogP contribution in [0.2, 0.25) is 0 Å². The summed E-state index contributed by atoms with van der Waals surface area (Å²) in [5.41, 5.74) is -0.825. The summed E-state index contributed by atoms with van der Waals surface area (Å²) in [5.74, 6) is -1.01. The minimum atomic E-state index is -2.86. The Bertz CT molecular complexity index is 426. The zero-order valence-corrected chi connectivity index (χ0v) is 10.8. The average Bonchev–Trinajstić information content (AvgIpc) is 2.28. The van der Waals surface area contributed by atoms with Gasteiger partial charge in [0.1, 0.15) is 15.9 Å². The first-order valence-corrected chi connectivity index (χ1v) is 5.49. The molecule has 0 N–H and O–H groups in total. The van der Waals surface area contributed by atoms with Gasteiger partial charge in [-0.1, -0.05) is 0 Å². The van der Waals surface area contributed by atoms with E-state index in [1.54, 1.807) is 6.92 Å². The molecule has 0 aliphatic heterocycles. The number of pyridine rings is 1. The van der Waals surface area contributed by atoms with Gasteiger partial charge in [0.15, 0.2) is 0 Å². The summed E-state index contributed by atoms with van der Waals surface area (Å²) in [4.78, 5) is 15.3. The van der Waals surface area contributed by atoms with Crippen LogP contribution in [-0.4, -0.2) is 24.7 Å². The van der Waals surface area contributed by atoms with E-state index in [9.17, 15) is 13.6 Å². The molecule has 1 heterocycles. The van der Waals surface area contributed by atoms with Gasteiger partial charge in [0.2, 0.25) is 0 Å². The molecule has 0 bridgehead atoms. The fourth-order valence-electron chi connectivity index (χ4n) is 1.26. The zero-order valence-electron chi connectivity index (χ0n) is 9.17. The standard InChI is InChI=1S/C10H10BrF2NO3/c1-3-17-10(15)7-6(9(12)13)5(16-2)4-14-8(7)11/h4,9H,3H2,1-2H3. The molecule has 0 saturated carbocycles. The van der Waals surface area contributed by atoms with Crippen LogP contribution in [-0.2, 0) is 4.74 Å². The number of ether oxygens (including phenoxy) is 2. The van der Waals surface area contributed by atoms with Crippen LogP contribution in [0.4, 0.5) is 8.78 Å². The highest BCUT2D eigenvalue weighted by Gasteiger charge is 2.27. The topological polar surface area (TPSA) is 48.4 Å². The smallest absolute Gasteiger partial charge is 0.341 e. The molecule has 0 aliphatic carbocycles. The van der Waals surface area contributed by atoms with E-state index >= 15 is 0 Å². The number of alkyl halides is 2. The summed E-state index contributed by atoms with van der Waals surface area (Å²) in [6, 6.07) is 0. The monoisotopic (exact) mass is 309 g/mol. The molecule has 4 nitrogen and oxygen atoms in total. The van der Waals surface area contributed by atoms with E-state index < -0.39 is 18.0 Å². The third-order valence-corrected chi connectivity index (χ3v) is 2.56. The Hall–Kier alpha value is -1.24. The number of rotatable bonds is 4. The van der Waals surface area contributed by atoms with Crippen molar-refractivity contribution in [3.05, 3.63) is 21.9 Å². The largest absolute Gasteiger partial charge is 0.495 e. The van der Waals surface area contributed by atoms with Gasteiger partial charge in [-0.2, -0.15) is 0 Å². The molecule has 94 valence electrons. The van der Waals surface area contributed by atoms with Gasteiger partial charge >= 0.3 is 5.97 Å². The van der Waals surface area contributed by atoms with Crippen LogP contribution in [0.15, 0.2) is 10.8 Å². The Morgan fingerprint density at radius 3 is 2.71 bits per heavy atom. The van der Waals surface area contributed by atoms with Gasteiger partial charge in [0.25, 0.3) is 6.43 Å². The van der Waals surface area contributed by atoms with E-state index in [-0.39, 0.29) is 22.5 Å². The molecule has 1 aromatic rings. The minimum absolute atomic E-state index is 0.00653. The second-order valence-electron chi connectivity index (χ2n) is 2.93. The van der Waals surface area contributed by atoms with Crippen molar-refractivity contribution in [3.63, 3.8) is 0 Å². The van der Waals surface area contributed by atoms with Gasteiger partial charge in [0.05, 0.1) is 25.5 Å². The van der Waals surface area contributed by atoms with Crippen LogP contribution in [0.25, 0.3) is 0 Å². The average molecular weight is 310 g/mol. The highest BCUT2D eigenvalue weighted by Crippen LogP contribution is 2.35. The molecule has 0 atom stereocenters. The molecule has 0 fully saturated rings. The van der Waals surface area contributed by atoms with Crippen LogP contribution in [0.3, 0.4) is 0 Å². The summed E-state index contributed by atoms with van der Waals surface area (Å²) in [6.07, 6.45) is -1.74. The molecule has 17 heavy (non-hydrogen) atoms. The first kappa shape index (κ1) is 13.8. The van der Waals surface area contributed by atoms with E-state index in [1.807, 2.05) is 0 Å². The summed E-state index contributed by atoms with van der Waals surface area (Å²) in [5, 5.41) is 0. The summed E-state index contributed by atoms with van der Waals surface area (Å²) in [6.45, 7) is 1.67. The number of aromatic nitrogens is 1. The molecular weight excluding hydrogens is 300 g/mol. The highest BCUT2D eigenvalue weighted by atomic mass is 79.9. The maximum Gasteiger partial charge on any atom is 0.341 e. The first-order chi connectivity index (χ1) is 8.02. The molecule has 7 heteroatoms. The first-order valence-electron chi connectivity index (χ1n) is 4.70. The van der Waals surface area contributed by atoms with Crippen LogP contribution >= 0.6 is 15.9 Å². The number of carbonyl (C=O) groups is 1. The Kier molecular flexibility index (Phi) is 4.80. The Morgan fingerprint density at radius 2 is 2.24 bits per heavy atom.